The molecule has 2 heterocycles. The molecule has 0 amide bonds. The number of benzene rings is 1. The quantitative estimate of drug-likeness (QED) is 0.696. The lowest BCUT2D eigenvalue weighted by molar-refractivity contribution is 0.528. The second kappa shape index (κ2) is 3.60. The minimum absolute atomic E-state index is 0.313. The van der Waals surface area contributed by atoms with E-state index < -0.39 is 5.76 Å². The van der Waals surface area contributed by atoms with E-state index in [9.17, 15) is 4.79 Å². The van der Waals surface area contributed by atoms with Gasteiger partial charge in [-0.05, 0) is 12.1 Å². The molecule has 3 rings (SSSR count). The van der Waals surface area contributed by atoms with Gasteiger partial charge in [0.25, 0.3) is 0 Å². The number of fused-ring (bicyclic) bond motifs is 1. The summed E-state index contributed by atoms with van der Waals surface area (Å²) in [6.45, 7) is 0. The first kappa shape index (κ1) is 10.4. The molecule has 3 aromatic rings. The minimum atomic E-state index is -0.410. The van der Waals surface area contributed by atoms with Crippen molar-refractivity contribution in [2.45, 2.75) is 0 Å². The third kappa shape index (κ3) is 1.34. The molecule has 0 radical (unpaired) electrons. The first-order valence-electron chi connectivity index (χ1n) is 5.24. The summed E-state index contributed by atoms with van der Waals surface area (Å²) in [5.74, 6) is -0.410. The maximum absolute atomic E-state index is 11.4. The fourth-order valence-electron chi connectivity index (χ4n) is 1.89. The van der Waals surface area contributed by atoms with Crippen LogP contribution >= 0.6 is 0 Å². The van der Waals surface area contributed by atoms with Crippen LogP contribution in [0.3, 0.4) is 0 Å². The summed E-state index contributed by atoms with van der Waals surface area (Å²) in [5.41, 5.74) is 2.88. The Hall–Kier alpha value is -2.81. The third-order valence-corrected chi connectivity index (χ3v) is 2.83. The predicted octanol–water partition coefficient (Wildman–Crippen LogP) is 1.39. The maximum Gasteiger partial charge on any atom is 0.419 e. The Morgan fingerprint density at radius 2 is 2.33 bits per heavy atom. The van der Waals surface area contributed by atoms with Crippen molar-refractivity contribution < 1.29 is 4.42 Å². The molecule has 1 N–H and O–H groups in total. The van der Waals surface area contributed by atoms with Crippen molar-refractivity contribution in [1.29, 1.82) is 5.26 Å². The standard InChI is InChI=1S/C12H8N4O2/c1-16-9-3-2-7(4-10(9)18-12(16)17)11-8(5-13)14-6-15-11/h2-4,6H,1H3,(H,14,15). The lowest BCUT2D eigenvalue weighted by Gasteiger charge is -1.98. The number of H-pyrrole nitrogens is 1. The van der Waals surface area contributed by atoms with E-state index in [1.165, 1.54) is 10.9 Å². The molecule has 6 heteroatoms. The van der Waals surface area contributed by atoms with Gasteiger partial charge in [0.15, 0.2) is 11.3 Å². The molecule has 0 aliphatic heterocycles. The first-order chi connectivity index (χ1) is 8.70. The van der Waals surface area contributed by atoms with Gasteiger partial charge in [0.05, 0.1) is 17.5 Å². The Morgan fingerprint density at radius 1 is 1.50 bits per heavy atom. The van der Waals surface area contributed by atoms with Crippen molar-refractivity contribution in [3.8, 4) is 17.3 Å². The molecule has 0 spiro atoms. The highest BCUT2D eigenvalue weighted by molar-refractivity contribution is 5.80. The van der Waals surface area contributed by atoms with Crippen molar-refractivity contribution in [3.05, 3.63) is 40.8 Å². The molecule has 0 saturated carbocycles. The highest BCUT2D eigenvalue weighted by Gasteiger charge is 2.11. The van der Waals surface area contributed by atoms with Gasteiger partial charge >= 0.3 is 5.76 Å². The van der Waals surface area contributed by atoms with Crippen LogP contribution in [0.2, 0.25) is 0 Å². The Kier molecular flexibility index (Phi) is 2.07. The van der Waals surface area contributed by atoms with Crippen molar-refractivity contribution in [2.75, 3.05) is 0 Å². The van der Waals surface area contributed by atoms with Crippen LogP contribution in [-0.4, -0.2) is 14.5 Å². The molecule has 0 fully saturated rings. The van der Waals surface area contributed by atoms with E-state index in [0.29, 0.717) is 22.5 Å². The summed E-state index contributed by atoms with van der Waals surface area (Å²) in [6.07, 6.45) is 1.46. The molecule has 0 atom stereocenters. The summed E-state index contributed by atoms with van der Waals surface area (Å²) >= 11 is 0. The van der Waals surface area contributed by atoms with Crippen LogP contribution in [0.25, 0.3) is 22.4 Å². The number of imidazole rings is 1. The number of nitrogens with one attached hydrogen (secondary N) is 1. The van der Waals surface area contributed by atoms with E-state index in [1.807, 2.05) is 12.1 Å². The number of aryl methyl sites for hydroxylation is 1. The van der Waals surface area contributed by atoms with Gasteiger partial charge in [-0.3, -0.25) is 4.57 Å². The lowest BCUT2D eigenvalue weighted by atomic mass is 10.1. The van der Waals surface area contributed by atoms with Gasteiger partial charge in [-0.15, -0.1) is 0 Å². The average molecular weight is 240 g/mol. The van der Waals surface area contributed by atoms with Crippen LogP contribution in [-0.2, 0) is 7.05 Å². The van der Waals surface area contributed by atoms with E-state index in [-0.39, 0.29) is 0 Å². The SMILES string of the molecule is Cn1c(=O)oc2cc(-c3[nH]cnc3C#N)ccc21. The second-order valence-corrected chi connectivity index (χ2v) is 3.85. The number of aromatic nitrogens is 3. The van der Waals surface area contributed by atoms with Gasteiger partial charge in [-0.1, -0.05) is 6.07 Å². The molecular formula is C12H8N4O2. The van der Waals surface area contributed by atoms with Crippen LogP contribution in [0, 0.1) is 11.3 Å². The fraction of sp³-hybridized carbons (Fsp3) is 0.0833. The van der Waals surface area contributed by atoms with Crippen LogP contribution in [0.4, 0.5) is 0 Å². The van der Waals surface area contributed by atoms with Gasteiger partial charge in [-0.2, -0.15) is 5.26 Å². The van der Waals surface area contributed by atoms with E-state index in [4.69, 9.17) is 9.68 Å². The summed E-state index contributed by atoms with van der Waals surface area (Å²) in [5, 5.41) is 8.92. The van der Waals surface area contributed by atoms with Crippen LogP contribution in [0.5, 0.6) is 0 Å². The predicted molar refractivity (Wildman–Crippen MR) is 63.8 cm³/mol. The minimum Gasteiger partial charge on any atom is -0.408 e. The Labute approximate surface area is 101 Å². The Bertz CT molecular complexity index is 832. The molecule has 0 bridgehead atoms. The fourth-order valence-corrected chi connectivity index (χ4v) is 1.89. The molecule has 0 aliphatic carbocycles. The third-order valence-electron chi connectivity index (χ3n) is 2.83. The zero-order chi connectivity index (χ0) is 12.7. The number of rotatable bonds is 1. The summed E-state index contributed by atoms with van der Waals surface area (Å²) in [7, 11) is 1.64. The molecule has 0 unspecified atom stereocenters. The zero-order valence-electron chi connectivity index (χ0n) is 9.47. The highest BCUT2D eigenvalue weighted by Crippen LogP contribution is 2.24. The summed E-state index contributed by atoms with van der Waals surface area (Å²) < 4.78 is 6.53. The molecule has 88 valence electrons. The van der Waals surface area contributed by atoms with Crippen LogP contribution < -0.4 is 5.76 Å². The van der Waals surface area contributed by atoms with Crippen LogP contribution in [0.1, 0.15) is 5.69 Å². The molecule has 1 aromatic carbocycles. The van der Waals surface area contributed by atoms with Gasteiger partial charge < -0.3 is 9.40 Å². The maximum atomic E-state index is 11.4. The number of hydrogen-bond donors (Lipinski definition) is 1. The molecule has 0 aliphatic rings. The lowest BCUT2D eigenvalue weighted by Crippen LogP contribution is -2.08. The number of oxazole rings is 1. The number of nitriles is 1. The molecule has 18 heavy (non-hydrogen) atoms. The number of nitrogens with zero attached hydrogens (tertiary/aromatic N) is 3. The zero-order valence-corrected chi connectivity index (χ0v) is 9.47. The normalized spacial score (nSPS) is 10.7. The number of aromatic amines is 1. The van der Waals surface area contributed by atoms with Crippen molar-refractivity contribution >= 4 is 11.1 Å². The van der Waals surface area contributed by atoms with Crippen molar-refractivity contribution in [2.24, 2.45) is 7.05 Å². The van der Waals surface area contributed by atoms with Crippen LogP contribution in [0.15, 0.2) is 33.7 Å². The van der Waals surface area contributed by atoms with Crippen molar-refractivity contribution in [1.82, 2.24) is 14.5 Å². The van der Waals surface area contributed by atoms with E-state index in [0.717, 1.165) is 5.56 Å². The topological polar surface area (TPSA) is 87.6 Å². The highest BCUT2D eigenvalue weighted by atomic mass is 16.4. The first-order valence-corrected chi connectivity index (χ1v) is 5.24. The Morgan fingerprint density at radius 3 is 3.11 bits per heavy atom. The smallest absolute Gasteiger partial charge is 0.408 e. The number of hydrogen-bond acceptors (Lipinski definition) is 4. The summed E-state index contributed by atoms with van der Waals surface area (Å²) in [4.78, 5) is 18.2. The van der Waals surface area contributed by atoms with E-state index >= 15 is 0 Å². The van der Waals surface area contributed by atoms with Gasteiger partial charge in [0, 0.05) is 12.6 Å². The largest absolute Gasteiger partial charge is 0.419 e. The van der Waals surface area contributed by atoms with Gasteiger partial charge in [0.2, 0.25) is 0 Å². The molecule has 6 nitrogen and oxygen atoms in total. The average Bonchev–Trinajstić information content (AvgIpc) is 2.95. The Balaban J connectivity index is 2.26. The second-order valence-electron chi connectivity index (χ2n) is 3.85. The van der Waals surface area contributed by atoms with Gasteiger partial charge in [-0.25, -0.2) is 9.78 Å². The molecule has 2 aromatic heterocycles. The van der Waals surface area contributed by atoms with Gasteiger partial charge in [0.1, 0.15) is 6.07 Å². The molecular weight excluding hydrogens is 232 g/mol. The van der Waals surface area contributed by atoms with E-state index in [2.05, 4.69) is 9.97 Å². The summed E-state index contributed by atoms with van der Waals surface area (Å²) in [6, 6.07) is 7.30. The molecule has 0 saturated heterocycles. The van der Waals surface area contributed by atoms with Crippen molar-refractivity contribution in [3.63, 3.8) is 0 Å². The monoisotopic (exact) mass is 240 g/mol. The van der Waals surface area contributed by atoms with E-state index in [1.54, 1.807) is 19.2 Å².